The fraction of sp³-hybridized carbons (Fsp3) is 0.167. The molecule has 0 aliphatic carbocycles. The van der Waals surface area contributed by atoms with Crippen LogP contribution in [0.2, 0.25) is 0 Å². The molecule has 0 amide bonds. The highest BCUT2D eigenvalue weighted by atomic mass is 19.1. The molecule has 0 spiro atoms. The fourth-order valence-electron chi connectivity index (χ4n) is 1.75. The van der Waals surface area contributed by atoms with Crippen molar-refractivity contribution in [1.82, 2.24) is 9.78 Å². The Morgan fingerprint density at radius 3 is 2.41 bits per heavy atom. The van der Waals surface area contributed by atoms with Crippen molar-refractivity contribution in [2.45, 2.75) is 6.30 Å². The Morgan fingerprint density at radius 2 is 1.91 bits per heavy atom. The number of hydrogen-bond donors (Lipinski definition) is 0. The van der Waals surface area contributed by atoms with E-state index in [1.54, 1.807) is 0 Å². The summed E-state index contributed by atoms with van der Waals surface area (Å²) in [5, 5.41) is 14.0. The summed E-state index contributed by atoms with van der Waals surface area (Å²) in [6.07, 6.45) is -2.31. The lowest BCUT2D eigenvalue weighted by molar-refractivity contribution is -0.389. The number of nitrogens with zero attached hydrogens (tertiary/aromatic N) is 3. The number of ether oxygens (including phenoxy) is 1. The minimum atomic E-state index is -2.31. The molecule has 1 unspecified atom stereocenters. The number of halogens is 3. The summed E-state index contributed by atoms with van der Waals surface area (Å²) in [7, 11) is 0.987. The molecule has 22 heavy (non-hydrogen) atoms. The molecule has 0 radical (unpaired) electrons. The maximum absolute atomic E-state index is 14.4. The molecule has 1 heterocycles. The third-order valence-electron chi connectivity index (χ3n) is 2.68. The van der Waals surface area contributed by atoms with Gasteiger partial charge in [-0.15, -0.1) is 4.68 Å². The quantitative estimate of drug-likeness (QED) is 0.491. The number of benzene rings is 1. The number of hydrogen-bond acceptors (Lipinski definition) is 5. The van der Waals surface area contributed by atoms with Crippen LogP contribution in [0.25, 0.3) is 0 Å². The van der Waals surface area contributed by atoms with Crippen LogP contribution in [0.1, 0.15) is 22.3 Å². The van der Waals surface area contributed by atoms with Gasteiger partial charge in [-0.1, -0.05) is 0 Å². The smallest absolute Gasteiger partial charge is 0.390 e. The summed E-state index contributed by atoms with van der Waals surface area (Å²) in [6, 6.07) is 2.60. The zero-order chi connectivity index (χ0) is 16.4. The van der Waals surface area contributed by atoms with E-state index in [0.717, 1.165) is 7.11 Å². The summed E-state index contributed by atoms with van der Waals surface area (Å²) >= 11 is 0. The molecule has 116 valence electrons. The SMILES string of the molecule is COC(=O)c1cc([N+](=O)[O-])nn1C(F)c1cc(F)cc(F)c1. The minimum absolute atomic E-state index is 0.332. The second-order valence-corrected chi connectivity index (χ2v) is 4.12. The van der Waals surface area contributed by atoms with Gasteiger partial charge >= 0.3 is 11.8 Å². The van der Waals surface area contributed by atoms with E-state index >= 15 is 0 Å². The maximum atomic E-state index is 14.4. The van der Waals surface area contributed by atoms with Crippen LogP contribution in [-0.2, 0) is 4.74 Å². The maximum Gasteiger partial charge on any atom is 0.390 e. The van der Waals surface area contributed by atoms with E-state index in [1.165, 1.54) is 0 Å². The molecule has 0 fully saturated rings. The number of carbonyl (C=O) groups excluding carboxylic acids is 1. The molecule has 1 aromatic heterocycles. The molecule has 0 saturated heterocycles. The molecule has 2 rings (SSSR count). The Hall–Kier alpha value is -2.91. The minimum Gasteiger partial charge on any atom is -0.464 e. The number of aromatic nitrogens is 2. The van der Waals surface area contributed by atoms with Gasteiger partial charge in [-0.2, -0.15) is 0 Å². The molecular formula is C12H8F3N3O4. The Balaban J connectivity index is 2.54. The first kappa shape index (κ1) is 15.5. The fourth-order valence-corrected chi connectivity index (χ4v) is 1.75. The largest absolute Gasteiger partial charge is 0.464 e. The number of alkyl halides is 1. The van der Waals surface area contributed by atoms with E-state index in [4.69, 9.17) is 0 Å². The van der Waals surface area contributed by atoms with E-state index in [-0.39, 0.29) is 0 Å². The normalized spacial score (nSPS) is 12.0. The average molecular weight is 315 g/mol. The highest BCUT2D eigenvalue weighted by Gasteiger charge is 2.30. The van der Waals surface area contributed by atoms with Crippen molar-refractivity contribution < 1.29 is 27.6 Å². The molecule has 7 nitrogen and oxygen atoms in total. The van der Waals surface area contributed by atoms with Gasteiger partial charge in [-0.25, -0.2) is 18.0 Å². The third kappa shape index (κ3) is 2.90. The summed E-state index contributed by atoms with van der Waals surface area (Å²) in [4.78, 5) is 21.3. The van der Waals surface area contributed by atoms with E-state index in [0.29, 0.717) is 28.9 Å². The second-order valence-electron chi connectivity index (χ2n) is 4.12. The first-order chi connectivity index (χ1) is 10.3. The third-order valence-corrected chi connectivity index (χ3v) is 2.68. The van der Waals surface area contributed by atoms with Crippen molar-refractivity contribution in [1.29, 1.82) is 0 Å². The molecular weight excluding hydrogens is 307 g/mol. The molecule has 0 aliphatic rings. The van der Waals surface area contributed by atoms with Crippen LogP contribution in [0.4, 0.5) is 19.0 Å². The monoisotopic (exact) mass is 315 g/mol. The number of esters is 1. The van der Waals surface area contributed by atoms with Crippen molar-refractivity contribution >= 4 is 11.8 Å². The molecule has 1 aromatic carbocycles. The molecule has 0 aliphatic heterocycles. The lowest BCUT2D eigenvalue weighted by Gasteiger charge is -2.08. The van der Waals surface area contributed by atoms with Crippen LogP contribution in [0, 0.1) is 21.7 Å². The topological polar surface area (TPSA) is 87.3 Å². The first-order valence-electron chi connectivity index (χ1n) is 5.75. The molecule has 0 bridgehead atoms. The summed E-state index contributed by atoms with van der Waals surface area (Å²) in [6.45, 7) is 0. The summed E-state index contributed by atoms with van der Waals surface area (Å²) in [5.74, 6) is -3.97. The molecule has 1 atom stereocenters. The number of carbonyl (C=O) groups is 1. The Bertz CT molecular complexity index is 727. The standard InChI is InChI=1S/C12H8F3N3O4/c1-22-12(19)9-5-10(18(20)21)16-17(9)11(15)6-2-7(13)4-8(14)3-6/h2-5,11H,1H3. The number of methoxy groups -OCH3 is 1. The highest BCUT2D eigenvalue weighted by molar-refractivity contribution is 5.88. The van der Waals surface area contributed by atoms with Gasteiger partial charge in [0, 0.05) is 11.6 Å². The van der Waals surface area contributed by atoms with E-state index in [9.17, 15) is 28.1 Å². The number of nitro groups is 1. The van der Waals surface area contributed by atoms with Crippen molar-refractivity contribution in [2.75, 3.05) is 7.11 Å². The predicted octanol–water partition coefficient (Wildman–Crippen LogP) is 2.37. The van der Waals surface area contributed by atoms with Crippen LogP contribution >= 0.6 is 0 Å². The lowest BCUT2D eigenvalue weighted by Crippen LogP contribution is -2.16. The van der Waals surface area contributed by atoms with Gasteiger partial charge in [0.25, 0.3) is 0 Å². The molecule has 0 N–H and O–H groups in total. The Kier molecular flexibility index (Phi) is 4.11. The van der Waals surface area contributed by atoms with Crippen molar-refractivity contribution in [3.63, 3.8) is 0 Å². The molecule has 0 saturated carbocycles. The Morgan fingerprint density at radius 1 is 1.32 bits per heavy atom. The van der Waals surface area contributed by atoms with Crippen molar-refractivity contribution in [3.05, 3.63) is 57.3 Å². The average Bonchev–Trinajstić information content (AvgIpc) is 2.89. The van der Waals surface area contributed by atoms with Crippen LogP contribution in [0.3, 0.4) is 0 Å². The van der Waals surface area contributed by atoms with E-state index < -0.39 is 45.9 Å². The zero-order valence-electron chi connectivity index (χ0n) is 11.0. The van der Waals surface area contributed by atoms with Gasteiger partial charge in [-0.05, 0) is 17.1 Å². The van der Waals surface area contributed by atoms with E-state index in [2.05, 4.69) is 9.84 Å². The van der Waals surface area contributed by atoms with Crippen LogP contribution < -0.4 is 0 Å². The van der Waals surface area contributed by atoms with Gasteiger partial charge in [0.2, 0.25) is 6.30 Å². The number of rotatable bonds is 4. The van der Waals surface area contributed by atoms with Gasteiger partial charge < -0.3 is 14.9 Å². The van der Waals surface area contributed by atoms with E-state index in [1.807, 2.05) is 0 Å². The molecule has 10 heteroatoms. The van der Waals surface area contributed by atoms with Gasteiger partial charge in [-0.3, -0.25) is 0 Å². The summed E-state index contributed by atoms with van der Waals surface area (Å²) in [5.41, 5.74) is -1.06. The first-order valence-corrected chi connectivity index (χ1v) is 5.75. The predicted molar refractivity (Wildman–Crippen MR) is 65.8 cm³/mol. The van der Waals surface area contributed by atoms with Gasteiger partial charge in [0.05, 0.1) is 18.3 Å². The van der Waals surface area contributed by atoms with Crippen LogP contribution in [0.5, 0.6) is 0 Å². The van der Waals surface area contributed by atoms with Gasteiger partial charge in [0.15, 0.2) is 5.69 Å². The Labute approximate surface area is 121 Å². The summed E-state index contributed by atoms with van der Waals surface area (Å²) < 4.78 is 45.3. The zero-order valence-corrected chi connectivity index (χ0v) is 11.0. The second kappa shape index (κ2) is 5.84. The van der Waals surface area contributed by atoms with Crippen molar-refractivity contribution in [3.8, 4) is 0 Å². The van der Waals surface area contributed by atoms with Gasteiger partial charge in [0.1, 0.15) is 11.6 Å². The van der Waals surface area contributed by atoms with Crippen LogP contribution in [0.15, 0.2) is 24.3 Å². The highest BCUT2D eigenvalue weighted by Crippen LogP contribution is 2.25. The van der Waals surface area contributed by atoms with Crippen molar-refractivity contribution in [2.24, 2.45) is 0 Å². The lowest BCUT2D eigenvalue weighted by atomic mass is 10.2. The molecule has 2 aromatic rings. The van der Waals surface area contributed by atoms with Crippen LogP contribution in [-0.4, -0.2) is 27.8 Å².